The maximum absolute atomic E-state index is 13.8. The highest BCUT2D eigenvalue weighted by molar-refractivity contribution is 5.30. The fourth-order valence-corrected chi connectivity index (χ4v) is 2.63. The predicted molar refractivity (Wildman–Crippen MR) is 60.5 cm³/mol. The lowest BCUT2D eigenvalue weighted by Crippen LogP contribution is -2.28. The molecule has 0 saturated heterocycles. The molecular formula is C13H17F2N. The van der Waals surface area contributed by atoms with Gasteiger partial charge in [-0.05, 0) is 37.9 Å². The molecule has 0 radical (unpaired) electrons. The Morgan fingerprint density at radius 3 is 2.62 bits per heavy atom. The highest BCUT2D eigenvalue weighted by atomic mass is 19.2. The summed E-state index contributed by atoms with van der Waals surface area (Å²) in [5.41, 5.74) is 0.903. The molecule has 3 heteroatoms. The summed E-state index contributed by atoms with van der Waals surface area (Å²) in [5, 5.41) is 3.18. The molecule has 1 aromatic carbocycles. The summed E-state index contributed by atoms with van der Waals surface area (Å²) < 4.78 is 27.3. The predicted octanol–water partition coefficient (Wildman–Crippen LogP) is 3.13. The standard InChI is InChI=1S/C13H17F2N/c1-8-6-7-10(13(15)12(8)14)9-4-3-5-11(9)16-2/h6-7,9,11,16H,3-5H2,1-2H3. The van der Waals surface area contributed by atoms with E-state index in [4.69, 9.17) is 0 Å². The summed E-state index contributed by atoms with van der Waals surface area (Å²) in [6, 6.07) is 3.67. The van der Waals surface area contributed by atoms with Crippen LogP contribution in [0.5, 0.6) is 0 Å². The molecule has 2 rings (SSSR count). The Bertz CT molecular complexity index is 390. The van der Waals surface area contributed by atoms with Gasteiger partial charge in [0.25, 0.3) is 0 Å². The van der Waals surface area contributed by atoms with Crippen molar-refractivity contribution in [1.29, 1.82) is 0 Å². The maximum atomic E-state index is 13.8. The third kappa shape index (κ3) is 1.84. The molecular weight excluding hydrogens is 208 g/mol. The molecule has 2 atom stereocenters. The summed E-state index contributed by atoms with van der Waals surface area (Å²) in [6.07, 6.45) is 3.05. The van der Waals surface area contributed by atoms with Crippen molar-refractivity contribution in [1.82, 2.24) is 5.32 Å². The zero-order valence-electron chi connectivity index (χ0n) is 9.69. The Labute approximate surface area is 94.9 Å². The normalized spacial score (nSPS) is 25.0. The van der Waals surface area contributed by atoms with Crippen molar-refractivity contribution in [3.05, 3.63) is 34.9 Å². The van der Waals surface area contributed by atoms with Gasteiger partial charge < -0.3 is 5.32 Å². The Morgan fingerprint density at radius 2 is 1.94 bits per heavy atom. The molecule has 1 aromatic rings. The minimum Gasteiger partial charge on any atom is -0.316 e. The number of benzene rings is 1. The molecule has 1 N–H and O–H groups in total. The minimum atomic E-state index is -0.695. The Morgan fingerprint density at radius 1 is 1.19 bits per heavy atom. The van der Waals surface area contributed by atoms with Crippen molar-refractivity contribution < 1.29 is 8.78 Å². The highest BCUT2D eigenvalue weighted by Gasteiger charge is 2.30. The van der Waals surface area contributed by atoms with Crippen LogP contribution in [0.1, 0.15) is 36.3 Å². The van der Waals surface area contributed by atoms with Crippen LogP contribution >= 0.6 is 0 Å². The molecule has 0 aliphatic heterocycles. The van der Waals surface area contributed by atoms with Gasteiger partial charge in [-0.25, -0.2) is 8.78 Å². The fraction of sp³-hybridized carbons (Fsp3) is 0.538. The van der Waals surface area contributed by atoms with E-state index in [2.05, 4.69) is 5.32 Å². The summed E-state index contributed by atoms with van der Waals surface area (Å²) in [5.74, 6) is -1.24. The zero-order valence-corrected chi connectivity index (χ0v) is 9.69. The van der Waals surface area contributed by atoms with Crippen molar-refractivity contribution in [2.24, 2.45) is 0 Å². The number of hydrogen-bond acceptors (Lipinski definition) is 1. The van der Waals surface area contributed by atoms with Gasteiger partial charge >= 0.3 is 0 Å². The van der Waals surface area contributed by atoms with Crippen LogP contribution in [0.25, 0.3) is 0 Å². The zero-order chi connectivity index (χ0) is 11.7. The second kappa shape index (κ2) is 4.50. The number of rotatable bonds is 2. The lowest BCUT2D eigenvalue weighted by molar-refractivity contribution is 0.459. The van der Waals surface area contributed by atoms with Crippen molar-refractivity contribution >= 4 is 0 Å². The Hall–Kier alpha value is -0.960. The first-order valence-corrected chi connectivity index (χ1v) is 5.77. The first kappa shape index (κ1) is 11.5. The van der Waals surface area contributed by atoms with Crippen LogP contribution in [0.15, 0.2) is 12.1 Å². The van der Waals surface area contributed by atoms with E-state index in [9.17, 15) is 8.78 Å². The lowest BCUT2D eigenvalue weighted by atomic mass is 9.92. The topological polar surface area (TPSA) is 12.0 Å². The van der Waals surface area contributed by atoms with Crippen LogP contribution in [0.3, 0.4) is 0 Å². The molecule has 0 aromatic heterocycles. The third-order valence-electron chi connectivity index (χ3n) is 3.59. The minimum absolute atomic E-state index is 0.111. The van der Waals surface area contributed by atoms with Gasteiger partial charge in [0.15, 0.2) is 11.6 Å². The molecule has 0 heterocycles. The van der Waals surface area contributed by atoms with Gasteiger partial charge in [-0.2, -0.15) is 0 Å². The van der Waals surface area contributed by atoms with E-state index in [1.54, 1.807) is 19.1 Å². The Kier molecular flexibility index (Phi) is 3.24. The summed E-state index contributed by atoms with van der Waals surface area (Å²) in [4.78, 5) is 0. The van der Waals surface area contributed by atoms with E-state index in [0.717, 1.165) is 19.3 Å². The van der Waals surface area contributed by atoms with Gasteiger partial charge in [0.1, 0.15) is 0 Å². The van der Waals surface area contributed by atoms with Gasteiger partial charge in [0.05, 0.1) is 0 Å². The summed E-state index contributed by atoms with van der Waals surface area (Å²) in [6.45, 7) is 1.59. The van der Waals surface area contributed by atoms with Crippen molar-refractivity contribution in [2.75, 3.05) is 7.05 Å². The van der Waals surface area contributed by atoms with Crippen LogP contribution in [-0.2, 0) is 0 Å². The summed E-state index contributed by atoms with van der Waals surface area (Å²) in [7, 11) is 1.88. The number of halogens is 2. The van der Waals surface area contributed by atoms with E-state index in [-0.39, 0.29) is 12.0 Å². The lowest BCUT2D eigenvalue weighted by Gasteiger charge is -2.20. The third-order valence-corrected chi connectivity index (χ3v) is 3.59. The molecule has 16 heavy (non-hydrogen) atoms. The second-order valence-electron chi connectivity index (χ2n) is 4.53. The van der Waals surface area contributed by atoms with Crippen LogP contribution in [0.4, 0.5) is 8.78 Å². The monoisotopic (exact) mass is 225 g/mol. The maximum Gasteiger partial charge on any atom is 0.162 e. The first-order chi connectivity index (χ1) is 7.65. The van der Waals surface area contributed by atoms with Gasteiger partial charge in [-0.1, -0.05) is 18.6 Å². The quantitative estimate of drug-likeness (QED) is 0.815. The molecule has 1 aliphatic rings. The SMILES string of the molecule is CNC1CCCC1c1ccc(C)c(F)c1F. The van der Waals surface area contributed by atoms with E-state index in [1.165, 1.54) is 0 Å². The highest BCUT2D eigenvalue weighted by Crippen LogP contribution is 2.36. The molecule has 1 aliphatic carbocycles. The largest absolute Gasteiger partial charge is 0.316 e. The van der Waals surface area contributed by atoms with Crippen molar-refractivity contribution in [3.8, 4) is 0 Å². The second-order valence-corrected chi connectivity index (χ2v) is 4.53. The van der Waals surface area contributed by atoms with E-state index in [1.807, 2.05) is 7.05 Å². The fourth-order valence-electron chi connectivity index (χ4n) is 2.63. The molecule has 1 nitrogen and oxygen atoms in total. The number of nitrogens with one attached hydrogen (secondary N) is 1. The molecule has 88 valence electrons. The van der Waals surface area contributed by atoms with Crippen LogP contribution in [0, 0.1) is 18.6 Å². The number of hydrogen-bond donors (Lipinski definition) is 1. The smallest absolute Gasteiger partial charge is 0.162 e. The number of aryl methyl sites for hydroxylation is 1. The Balaban J connectivity index is 2.37. The molecule has 0 bridgehead atoms. The average Bonchev–Trinajstić information content (AvgIpc) is 2.74. The van der Waals surface area contributed by atoms with E-state index in [0.29, 0.717) is 11.1 Å². The molecule has 1 saturated carbocycles. The van der Waals surface area contributed by atoms with E-state index < -0.39 is 11.6 Å². The van der Waals surface area contributed by atoms with Crippen LogP contribution in [-0.4, -0.2) is 13.1 Å². The van der Waals surface area contributed by atoms with E-state index >= 15 is 0 Å². The summed E-state index contributed by atoms with van der Waals surface area (Å²) >= 11 is 0. The molecule has 2 unspecified atom stereocenters. The molecule has 0 amide bonds. The first-order valence-electron chi connectivity index (χ1n) is 5.77. The molecule has 1 fully saturated rings. The van der Waals surface area contributed by atoms with Gasteiger partial charge in [0.2, 0.25) is 0 Å². The van der Waals surface area contributed by atoms with Crippen molar-refractivity contribution in [3.63, 3.8) is 0 Å². The average molecular weight is 225 g/mol. The van der Waals surface area contributed by atoms with Crippen LogP contribution in [0.2, 0.25) is 0 Å². The van der Waals surface area contributed by atoms with Crippen molar-refractivity contribution in [2.45, 2.75) is 38.1 Å². The van der Waals surface area contributed by atoms with Gasteiger partial charge in [-0.3, -0.25) is 0 Å². The van der Waals surface area contributed by atoms with Crippen LogP contribution < -0.4 is 5.32 Å². The van der Waals surface area contributed by atoms with Gasteiger partial charge in [-0.15, -0.1) is 0 Å². The molecule has 0 spiro atoms. The van der Waals surface area contributed by atoms with Gasteiger partial charge in [0, 0.05) is 12.0 Å². The number of likely N-dealkylation sites (N-methyl/N-ethyl adjacent to an activating group) is 1.